The molecule has 0 aromatic heterocycles. The first-order valence-electron chi connectivity index (χ1n) is 6.16. The molecule has 0 radical (unpaired) electrons. The molecule has 0 amide bonds. The van der Waals surface area contributed by atoms with Crippen LogP contribution in [0.2, 0.25) is 0 Å². The second-order valence-corrected chi connectivity index (χ2v) is 5.71. The summed E-state index contributed by atoms with van der Waals surface area (Å²) in [6, 6.07) is 0. The second kappa shape index (κ2) is 7.84. The molecule has 0 aromatic carbocycles. The molecule has 0 aliphatic heterocycles. The van der Waals surface area contributed by atoms with E-state index in [0.717, 1.165) is 0 Å². The van der Waals surface area contributed by atoms with E-state index in [1.807, 2.05) is 0 Å². The van der Waals surface area contributed by atoms with Crippen molar-refractivity contribution >= 4 is 23.2 Å². The summed E-state index contributed by atoms with van der Waals surface area (Å²) in [5, 5.41) is -5.61. The summed E-state index contributed by atoms with van der Waals surface area (Å²) in [7, 11) is 0. The lowest BCUT2D eigenvalue weighted by atomic mass is 9.93. The molecule has 12 heteroatoms. The summed E-state index contributed by atoms with van der Waals surface area (Å²) in [5.41, 5.74) is 0. The molecule has 0 spiro atoms. The van der Waals surface area contributed by atoms with Gasteiger partial charge in [-0.1, -0.05) is 0 Å². The van der Waals surface area contributed by atoms with Gasteiger partial charge in [0.15, 0.2) is 0 Å². The molecule has 2 atom stereocenters. The zero-order valence-corrected chi connectivity index (χ0v) is 12.7. The maximum Gasteiger partial charge on any atom is 0.391 e. The van der Waals surface area contributed by atoms with Gasteiger partial charge in [-0.25, -0.2) is 13.2 Å². The zero-order chi connectivity index (χ0) is 18.7. The minimum absolute atomic E-state index is 0.202. The van der Waals surface area contributed by atoms with Crippen molar-refractivity contribution in [2.24, 2.45) is 5.92 Å². The van der Waals surface area contributed by atoms with Gasteiger partial charge in [0.1, 0.15) is 0 Å². The average Bonchev–Trinajstić information content (AvgIpc) is 2.34. The van der Waals surface area contributed by atoms with Gasteiger partial charge in [-0.15, -0.1) is 11.6 Å². The molecule has 0 bridgehead atoms. The Labute approximate surface area is 135 Å². The summed E-state index contributed by atoms with van der Waals surface area (Å²) >= 11 is 9.05. The lowest BCUT2D eigenvalue weighted by Gasteiger charge is -2.30. The highest BCUT2D eigenvalue weighted by Gasteiger charge is 2.68. The Morgan fingerprint density at radius 2 is 1.30 bits per heavy atom. The third kappa shape index (κ3) is 6.36. The Balaban J connectivity index is 5.03. The molecule has 0 saturated heterocycles. The van der Waals surface area contributed by atoms with Gasteiger partial charge in [0.2, 0.25) is 6.17 Å². The van der Waals surface area contributed by atoms with E-state index in [9.17, 15) is 43.9 Å². The number of hydrogen-bond acceptors (Lipinski definition) is 0. The molecule has 0 nitrogen and oxygen atoms in total. The summed E-state index contributed by atoms with van der Waals surface area (Å²) in [4.78, 5) is 0. The van der Waals surface area contributed by atoms with Crippen LogP contribution in [0.4, 0.5) is 43.9 Å². The monoisotopic (exact) mass is 404 g/mol. The topological polar surface area (TPSA) is 0 Å². The van der Waals surface area contributed by atoms with E-state index in [-0.39, 0.29) is 12.3 Å². The van der Waals surface area contributed by atoms with Crippen LogP contribution in [-0.2, 0) is 0 Å². The Hall–Kier alpha value is -0.120. The van der Waals surface area contributed by atoms with Gasteiger partial charge in [-0.3, -0.25) is 0 Å². The molecule has 0 N–H and O–H groups in total. The maximum atomic E-state index is 13.3. The van der Waals surface area contributed by atoms with Crippen molar-refractivity contribution in [2.45, 2.75) is 55.3 Å². The van der Waals surface area contributed by atoms with Crippen molar-refractivity contribution in [2.75, 3.05) is 5.88 Å². The van der Waals surface area contributed by atoms with Gasteiger partial charge in [0.25, 0.3) is 5.92 Å². The minimum atomic E-state index is -5.94. The zero-order valence-electron chi connectivity index (χ0n) is 11.2. The first kappa shape index (κ1) is 22.9. The highest BCUT2D eigenvalue weighted by molar-refractivity contribution is 6.22. The van der Waals surface area contributed by atoms with E-state index in [4.69, 9.17) is 11.6 Å². The second-order valence-electron chi connectivity index (χ2n) is 4.85. The van der Waals surface area contributed by atoms with Crippen LogP contribution in [0.25, 0.3) is 0 Å². The standard InChI is InChI=1S/C11H12Cl2F10/c12-5-1-2-6(10(19,20)21)3-4-8(15,16)7(14)9(17,18)11(13,22)23/h6-7H,1-5H2. The minimum Gasteiger partial charge on any atom is -0.234 e. The van der Waals surface area contributed by atoms with E-state index >= 15 is 0 Å². The molecule has 0 saturated carbocycles. The van der Waals surface area contributed by atoms with E-state index in [0.29, 0.717) is 0 Å². The van der Waals surface area contributed by atoms with Crippen molar-refractivity contribution in [3.8, 4) is 0 Å². The van der Waals surface area contributed by atoms with Crippen LogP contribution in [0.15, 0.2) is 0 Å². The molecule has 23 heavy (non-hydrogen) atoms. The average molecular weight is 405 g/mol. The number of rotatable bonds is 9. The smallest absolute Gasteiger partial charge is 0.234 e. The van der Waals surface area contributed by atoms with Gasteiger partial charge in [-0.2, -0.15) is 30.7 Å². The van der Waals surface area contributed by atoms with E-state index in [1.165, 1.54) is 0 Å². The third-order valence-corrected chi connectivity index (χ3v) is 3.56. The fourth-order valence-electron chi connectivity index (χ4n) is 1.70. The molecule has 0 aromatic rings. The fourth-order valence-corrected chi connectivity index (χ4v) is 1.95. The summed E-state index contributed by atoms with van der Waals surface area (Å²) < 4.78 is 128. The quantitative estimate of drug-likeness (QED) is 0.308. The molecular formula is C11H12Cl2F10. The van der Waals surface area contributed by atoms with E-state index in [1.54, 1.807) is 0 Å². The van der Waals surface area contributed by atoms with E-state index < -0.39 is 54.8 Å². The Morgan fingerprint density at radius 3 is 1.65 bits per heavy atom. The van der Waals surface area contributed by atoms with Crippen LogP contribution >= 0.6 is 23.2 Å². The Bertz CT molecular complexity index is 363. The van der Waals surface area contributed by atoms with Crippen molar-refractivity contribution in [1.29, 1.82) is 0 Å². The van der Waals surface area contributed by atoms with Crippen molar-refractivity contribution in [1.82, 2.24) is 0 Å². The first-order valence-corrected chi connectivity index (χ1v) is 7.07. The SMILES string of the molecule is FC(C(F)(F)CCC(CCCCl)C(F)(F)F)C(F)(F)C(F)(F)Cl. The predicted octanol–water partition coefficient (Wildman–Crippen LogP) is 6.40. The molecule has 0 rings (SSSR count). The summed E-state index contributed by atoms with van der Waals surface area (Å²) in [6.07, 6.45) is -14.0. The Kier molecular flexibility index (Phi) is 7.80. The summed E-state index contributed by atoms with van der Waals surface area (Å²) in [6.45, 7) is 0. The first-order chi connectivity index (χ1) is 10.1. The van der Waals surface area contributed by atoms with Crippen LogP contribution in [0, 0.1) is 5.92 Å². The van der Waals surface area contributed by atoms with Crippen LogP contribution in [0.1, 0.15) is 25.7 Å². The lowest BCUT2D eigenvalue weighted by molar-refractivity contribution is -0.251. The normalized spacial score (nSPS) is 17.2. The molecular weight excluding hydrogens is 393 g/mol. The molecule has 140 valence electrons. The van der Waals surface area contributed by atoms with Crippen LogP contribution in [-0.4, -0.2) is 35.5 Å². The van der Waals surface area contributed by atoms with Crippen LogP contribution in [0.5, 0.6) is 0 Å². The van der Waals surface area contributed by atoms with Crippen molar-refractivity contribution in [3.05, 3.63) is 0 Å². The predicted molar refractivity (Wildman–Crippen MR) is 64.3 cm³/mol. The number of alkyl halides is 12. The van der Waals surface area contributed by atoms with Crippen molar-refractivity contribution in [3.63, 3.8) is 0 Å². The van der Waals surface area contributed by atoms with E-state index in [2.05, 4.69) is 11.6 Å². The Morgan fingerprint density at radius 1 is 0.826 bits per heavy atom. The molecule has 2 unspecified atom stereocenters. The maximum absolute atomic E-state index is 13.3. The third-order valence-electron chi connectivity index (χ3n) is 3.04. The largest absolute Gasteiger partial charge is 0.391 e. The van der Waals surface area contributed by atoms with Crippen LogP contribution in [0.3, 0.4) is 0 Å². The fraction of sp³-hybridized carbons (Fsp3) is 1.00. The number of hydrogen-bond donors (Lipinski definition) is 0. The van der Waals surface area contributed by atoms with Gasteiger partial charge in [0, 0.05) is 12.3 Å². The van der Waals surface area contributed by atoms with Crippen molar-refractivity contribution < 1.29 is 43.9 Å². The molecule has 0 aliphatic carbocycles. The van der Waals surface area contributed by atoms with Gasteiger partial charge in [0.05, 0.1) is 5.92 Å². The highest BCUT2D eigenvalue weighted by atomic mass is 35.5. The lowest BCUT2D eigenvalue weighted by Crippen LogP contribution is -2.52. The van der Waals surface area contributed by atoms with Gasteiger partial charge >= 0.3 is 17.5 Å². The number of halogens is 12. The van der Waals surface area contributed by atoms with Gasteiger partial charge in [-0.05, 0) is 30.9 Å². The van der Waals surface area contributed by atoms with Gasteiger partial charge < -0.3 is 0 Å². The molecule has 0 fully saturated rings. The highest BCUT2D eigenvalue weighted by Crippen LogP contribution is 2.48. The molecule has 0 aliphatic rings. The van der Waals surface area contributed by atoms with Crippen LogP contribution < -0.4 is 0 Å². The summed E-state index contributed by atoms with van der Waals surface area (Å²) in [5.74, 6) is -13.6. The molecule has 0 heterocycles.